The molecule has 0 aliphatic rings. The number of rotatable bonds is 10. The second-order valence-corrected chi connectivity index (χ2v) is 10.5. The third-order valence-corrected chi connectivity index (χ3v) is 6.77. The van der Waals surface area contributed by atoms with Gasteiger partial charge in [0.15, 0.2) is 0 Å². The lowest BCUT2D eigenvalue weighted by Gasteiger charge is -2.05. The zero-order valence-corrected chi connectivity index (χ0v) is 27.5. The van der Waals surface area contributed by atoms with Crippen LogP contribution in [-0.4, -0.2) is 52.7 Å². The van der Waals surface area contributed by atoms with E-state index in [1.165, 1.54) is 12.4 Å². The van der Waals surface area contributed by atoms with Gasteiger partial charge in [0.1, 0.15) is 23.0 Å². The number of amides is 2. The first-order chi connectivity index (χ1) is 21.3. The Morgan fingerprint density at radius 2 is 1.00 bits per heavy atom. The molecule has 10 nitrogen and oxygen atoms in total. The number of hydrogen-bond acceptors (Lipinski definition) is 8. The summed E-state index contributed by atoms with van der Waals surface area (Å²) in [5, 5.41) is 7.91. The second kappa shape index (κ2) is 17.4. The van der Waals surface area contributed by atoms with Gasteiger partial charge in [-0.3, -0.25) is 9.59 Å². The van der Waals surface area contributed by atoms with E-state index in [4.69, 9.17) is 18.9 Å². The summed E-state index contributed by atoms with van der Waals surface area (Å²) >= 11 is 6.76. The first kappa shape index (κ1) is 33.8. The first-order valence-electron chi connectivity index (χ1n) is 12.9. The van der Waals surface area contributed by atoms with Crippen molar-refractivity contribution >= 4 is 56.1 Å². The highest BCUT2D eigenvalue weighted by Crippen LogP contribution is 2.22. The van der Waals surface area contributed by atoms with E-state index in [0.29, 0.717) is 34.1 Å². The van der Waals surface area contributed by atoms with Crippen molar-refractivity contribution < 1.29 is 28.5 Å². The molecule has 0 aliphatic heterocycles. The number of carbonyl (C=O) groups is 2. The number of nitrogens with one attached hydrogen (secondary N) is 2. The molecule has 0 spiro atoms. The normalized spacial score (nSPS) is 10.5. The number of carbonyl (C=O) groups excluding carboxylic acids is 2. The lowest BCUT2D eigenvalue weighted by molar-refractivity contribution is 0.0947. The molecule has 2 amide bonds. The van der Waals surface area contributed by atoms with E-state index in [-0.39, 0.29) is 11.8 Å². The molecule has 0 saturated carbocycles. The number of methoxy groups -OCH3 is 4. The van der Waals surface area contributed by atoms with Crippen LogP contribution in [0.4, 0.5) is 0 Å². The summed E-state index contributed by atoms with van der Waals surface area (Å²) in [6, 6.07) is 24.7. The van der Waals surface area contributed by atoms with Gasteiger partial charge < -0.3 is 18.9 Å². The van der Waals surface area contributed by atoms with Crippen LogP contribution in [0.1, 0.15) is 31.8 Å². The smallest absolute Gasteiger partial charge is 0.271 e. The molecule has 4 aromatic carbocycles. The third kappa shape index (κ3) is 10.2. The Morgan fingerprint density at radius 3 is 1.36 bits per heavy atom. The van der Waals surface area contributed by atoms with Crippen LogP contribution in [0, 0.1) is 0 Å². The second-order valence-electron chi connectivity index (χ2n) is 8.63. The van der Waals surface area contributed by atoms with Crippen molar-refractivity contribution in [3.05, 3.63) is 116 Å². The molecule has 0 fully saturated rings. The van der Waals surface area contributed by atoms with Crippen molar-refractivity contribution in [2.24, 2.45) is 10.2 Å². The van der Waals surface area contributed by atoms with E-state index in [9.17, 15) is 9.59 Å². The molecular formula is C32H30Br2N4O6. The molecule has 4 aromatic rings. The minimum atomic E-state index is -0.316. The van der Waals surface area contributed by atoms with Crippen molar-refractivity contribution in [2.45, 2.75) is 0 Å². The Morgan fingerprint density at radius 1 is 0.591 bits per heavy atom. The summed E-state index contributed by atoms with van der Waals surface area (Å²) in [6.45, 7) is 0. The SMILES string of the molecule is COc1cccc(C(=O)N/N=C/c2cc(Br)ccc2OC)c1.COc1cccc(C(=O)N/N=C/c2cc(Br)ccc2OC)c1. The van der Waals surface area contributed by atoms with Crippen molar-refractivity contribution in [3.8, 4) is 23.0 Å². The lowest BCUT2D eigenvalue weighted by atomic mass is 10.2. The third-order valence-electron chi connectivity index (χ3n) is 5.79. The van der Waals surface area contributed by atoms with Crippen molar-refractivity contribution in [2.75, 3.05) is 28.4 Å². The van der Waals surface area contributed by atoms with Gasteiger partial charge >= 0.3 is 0 Å². The van der Waals surface area contributed by atoms with Gasteiger partial charge in [0, 0.05) is 31.2 Å². The summed E-state index contributed by atoms with van der Waals surface area (Å²) in [5.74, 6) is 1.94. The molecule has 0 aromatic heterocycles. The topological polar surface area (TPSA) is 120 Å². The fraction of sp³-hybridized carbons (Fsp3) is 0.125. The number of hydrogen-bond donors (Lipinski definition) is 2. The van der Waals surface area contributed by atoms with Gasteiger partial charge in [0.25, 0.3) is 11.8 Å². The molecule has 0 atom stereocenters. The number of hydrazone groups is 2. The van der Waals surface area contributed by atoms with Crippen molar-refractivity contribution in [3.63, 3.8) is 0 Å². The van der Waals surface area contributed by atoms with Gasteiger partial charge in [-0.05, 0) is 72.8 Å². The largest absolute Gasteiger partial charge is 0.497 e. The lowest BCUT2D eigenvalue weighted by Crippen LogP contribution is -2.17. The molecule has 2 N–H and O–H groups in total. The monoisotopic (exact) mass is 724 g/mol. The van der Waals surface area contributed by atoms with Gasteiger partial charge in [-0.15, -0.1) is 0 Å². The maximum absolute atomic E-state index is 12.0. The molecule has 0 aliphatic carbocycles. The molecule has 0 radical (unpaired) electrons. The van der Waals surface area contributed by atoms with E-state index in [1.807, 2.05) is 36.4 Å². The summed E-state index contributed by atoms with van der Waals surface area (Å²) in [6.07, 6.45) is 3.06. The van der Waals surface area contributed by atoms with Gasteiger partial charge in [-0.1, -0.05) is 44.0 Å². The minimum Gasteiger partial charge on any atom is -0.497 e. The highest BCUT2D eigenvalue weighted by atomic mass is 79.9. The minimum absolute atomic E-state index is 0.316. The molecule has 0 unspecified atom stereocenters. The van der Waals surface area contributed by atoms with Crippen LogP contribution in [-0.2, 0) is 0 Å². The van der Waals surface area contributed by atoms with E-state index >= 15 is 0 Å². The molecule has 4 rings (SSSR count). The van der Waals surface area contributed by atoms with E-state index in [2.05, 4.69) is 52.9 Å². The Labute approximate surface area is 272 Å². The van der Waals surface area contributed by atoms with Crippen LogP contribution in [0.15, 0.2) is 104 Å². The van der Waals surface area contributed by atoms with Crippen molar-refractivity contribution in [1.82, 2.24) is 10.9 Å². The van der Waals surface area contributed by atoms with Crippen LogP contribution in [0.2, 0.25) is 0 Å². The number of benzene rings is 4. The van der Waals surface area contributed by atoms with Crippen LogP contribution >= 0.6 is 31.9 Å². The molecule has 228 valence electrons. The van der Waals surface area contributed by atoms with Crippen LogP contribution in [0.25, 0.3) is 0 Å². The molecule has 0 saturated heterocycles. The highest BCUT2D eigenvalue weighted by molar-refractivity contribution is 9.10. The molecular weight excluding hydrogens is 696 g/mol. The fourth-order valence-electron chi connectivity index (χ4n) is 3.59. The highest BCUT2D eigenvalue weighted by Gasteiger charge is 2.07. The molecule has 0 heterocycles. The Balaban J connectivity index is 0.000000240. The van der Waals surface area contributed by atoms with E-state index in [0.717, 1.165) is 20.1 Å². The summed E-state index contributed by atoms with van der Waals surface area (Å²) in [7, 11) is 6.26. The standard InChI is InChI=1S/2C16H15BrN2O3/c2*1-21-14-5-3-4-11(9-14)16(20)19-18-10-12-8-13(17)6-7-15(12)22-2/h2*3-10H,1-2H3,(H,19,20)/b2*18-10+. The average Bonchev–Trinajstić information content (AvgIpc) is 3.05. The average molecular weight is 726 g/mol. The maximum Gasteiger partial charge on any atom is 0.271 e. The number of ether oxygens (including phenoxy) is 4. The fourth-order valence-corrected chi connectivity index (χ4v) is 4.35. The van der Waals surface area contributed by atoms with Crippen LogP contribution in [0.3, 0.4) is 0 Å². The van der Waals surface area contributed by atoms with E-state index < -0.39 is 0 Å². The van der Waals surface area contributed by atoms with Gasteiger partial charge in [-0.2, -0.15) is 10.2 Å². The van der Waals surface area contributed by atoms with Gasteiger partial charge in [-0.25, -0.2) is 10.9 Å². The Hall–Kier alpha value is -4.68. The van der Waals surface area contributed by atoms with Crippen molar-refractivity contribution in [1.29, 1.82) is 0 Å². The predicted octanol–water partition coefficient (Wildman–Crippen LogP) is 6.46. The first-order valence-corrected chi connectivity index (χ1v) is 14.5. The summed E-state index contributed by atoms with van der Waals surface area (Å²) < 4.78 is 22.4. The van der Waals surface area contributed by atoms with Gasteiger partial charge in [0.2, 0.25) is 0 Å². The molecule has 44 heavy (non-hydrogen) atoms. The predicted molar refractivity (Wildman–Crippen MR) is 177 cm³/mol. The molecule has 0 bridgehead atoms. The van der Waals surface area contributed by atoms with Crippen LogP contribution in [0.5, 0.6) is 23.0 Å². The number of nitrogens with zero attached hydrogens (tertiary/aromatic N) is 2. The van der Waals surface area contributed by atoms with E-state index in [1.54, 1.807) is 77.0 Å². The summed E-state index contributed by atoms with van der Waals surface area (Å²) in [5.41, 5.74) is 7.39. The Kier molecular flexibility index (Phi) is 13.4. The van der Waals surface area contributed by atoms with Gasteiger partial charge in [0.05, 0.1) is 40.9 Å². The maximum atomic E-state index is 12.0. The zero-order chi connectivity index (χ0) is 31.9. The molecule has 12 heteroatoms. The quantitative estimate of drug-likeness (QED) is 0.143. The zero-order valence-electron chi connectivity index (χ0n) is 24.3. The van der Waals surface area contributed by atoms with Crippen LogP contribution < -0.4 is 29.8 Å². The number of halogens is 2. The summed E-state index contributed by atoms with van der Waals surface area (Å²) in [4.78, 5) is 24.0. The Bertz CT molecular complexity index is 1520.